The van der Waals surface area contributed by atoms with E-state index in [0.717, 1.165) is 12.8 Å². The van der Waals surface area contributed by atoms with Crippen LogP contribution in [0.3, 0.4) is 0 Å². The van der Waals surface area contributed by atoms with Crippen molar-refractivity contribution >= 4 is 17.6 Å². The van der Waals surface area contributed by atoms with Crippen LogP contribution in [-0.4, -0.2) is 23.6 Å². The number of benzene rings is 1. The van der Waals surface area contributed by atoms with Crippen LogP contribution >= 0.6 is 0 Å². The zero-order valence-electron chi connectivity index (χ0n) is 10.8. The zero-order chi connectivity index (χ0) is 13.8. The molecule has 1 atom stereocenters. The van der Waals surface area contributed by atoms with E-state index < -0.39 is 12.6 Å². The maximum Gasteiger partial charge on any atom is 0.341 e. The zero-order valence-corrected chi connectivity index (χ0v) is 10.8. The van der Waals surface area contributed by atoms with E-state index in [1.165, 1.54) is 0 Å². The van der Waals surface area contributed by atoms with E-state index in [2.05, 4.69) is 5.32 Å². The Labute approximate surface area is 111 Å². The van der Waals surface area contributed by atoms with E-state index >= 15 is 0 Å². The van der Waals surface area contributed by atoms with E-state index in [-0.39, 0.29) is 11.8 Å². The average Bonchev–Trinajstić information content (AvgIpc) is 3.21. The van der Waals surface area contributed by atoms with Crippen LogP contribution in [0.1, 0.15) is 19.8 Å². The molecule has 0 bridgehead atoms. The summed E-state index contributed by atoms with van der Waals surface area (Å²) in [5.41, 5.74) is 0.515. The summed E-state index contributed by atoms with van der Waals surface area (Å²) < 4.78 is 5.14. The molecule has 2 rings (SSSR count). The van der Waals surface area contributed by atoms with Crippen LogP contribution in [0.4, 0.5) is 5.69 Å². The quantitative estimate of drug-likeness (QED) is 0.824. The van der Waals surface area contributed by atoms with Crippen molar-refractivity contribution in [1.82, 2.24) is 0 Å². The molecule has 1 saturated carbocycles. The number of carboxylic acids is 1. The van der Waals surface area contributed by atoms with E-state index in [9.17, 15) is 9.59 Å². The van der Waals surface area contributed by atoms with Crippen molar-refractivity contribution in [1.29, 1.82) is 0 Å². The van der Waals surface area contributed by atoms with Crippen molar-refractivity contribution in [2.45, 2.75) is 19.8 Å². The van der Waals surface area contributed by atoms with Gasteiger partial charge in [-0.3, -0.25) is 4.79 Å². The van der Waals surface area contributed by atoms with E-state index in [1.54, 1.807) is 24.3 Å². The van der Waals surface area contributed by atoms with Gasteiger partial charge >= 0.3 is 5.97 Å². The molecule has 102 valence electrons. The summed E-state index contributed by atoms with van der Waals surface area (Å²) in [7, 11) is 0. The highest BCUT2D eigenvalue weighted by atomic mass is 16.5. The van der Waals surface area contributed by atoms with Crippen molar-refractivity contribution in [2.75, 3.05) is 11.9 Å². The standard InChI is InChI=1S/C14H17NO4/c1-9(10-6-7-10)14(18)15-11-4-2-3-5-12(11)19-8-13(16)17/h2-5,9-10H,6-8H2,1H3,(H,15,18)(H,16,17). The first-order valence-electron chi connectivity index (χ1n) is 6.32. The molecule has 5 heteroatoms. The molecule has 1 aromatic rings. The van der Waals surface area contributed by atoms with Crippen molar-refractivity contribution in [3.05, 3.63) is 24.3 Å². The van der Waals surface area contributed by atoms with Gasteiger partial charge in [0, 0.05) is 5.92 Å². The van der Waals surface area contributed by atoms with Gasteiger partial charge in [-0.25, -0.2) is 4.79 Å². The molecular formula is C14H17NO4. The number of anilines is 1. The molecule has 19 heavy (non-hydrogen) atoms. The fraction of sp³-hybridized carbons (Fsp3) is 0.429. The van der Waals surface area contributed by atoms with Crippen molar-refractivity contribution in [3.63, 3.8) is 0 Å². The van der Waals surface area contributed by atoms with Gasteiger partial charge in [-0.1, -0.05) is 19.1 Å². The van der Waals surface area contributed by atoms with Gasteiger partial charge < -0.3 is 15.2 Å². The number of hydrogen-bond acceptors (Lipinski definition) is 3. The predicted molar refractivity (Wildman–Crippen MR) is 70.1 cm³/mol. The first kappa shape index (κ1) is 13.4. The van der Waals surface area contributed by atoms with E-state index in [4.69, 9.17) is 9.84 Å². The van der Waals surface area contributed by atoms with Crippen LogP contribution in [0.15, 0.2) is 24.3 Å². The molecule has 0 spiro atoms. The van der Waals surface area contributed by atoms with Crippen molar-refractivity contribution < 1.29 is 19.4 Å². The molecule has 0 heterocycles. The maximum absolute atomic E-state index is 12.0. The molecule has 1 aromatic carbocycles. The van der Waals surface area contributed by atoms with Crippen LogP contribution in [-0.2, 0) is 9.59 Å². The largest absolute Gasteiger partial charge is 0.480 e. The number of carbonyl (C=O) groups excluding carboxylic acids is 1. The third-order valence-electron chi connectivity index (χ3n) is 3.24. The molecule has 0 saturated heterocycles. The molecule has 0 radical (unpaired) electrons. The van der Waals surface area contributed by atoms with Gasteiger partial charge in [0.2, 0.25) is 5.91 Å². The van der Waals surface area contributed by atoms with Gasteiger partial charge in [0.15, 0.2) is 6.61 Å². The van der Waals surface area contributed by atoms with E-state index in [0.29, 0.717) is 17.4 Å². The number of para-hydroxylation sites is 2. The number of aliphatic carboxylic acids is 1. The highest BCUT2D eigenvalue weighted by Crippen LogP contribution is 2.37. The summed E-state index contributed by atoms with van der Waals surface area (Å²) in [5, 5.41) is 11.4. The summed E-state index contributed by atoms with van der Waals surface area (Å²) in [5.74, 6) is -0.262. The Morgan fingerprint density at radius 1 is 1.42 bits per heavy atom. The SMILES string of the molecule is CC(C(=O)Nc1ccccc1OCC(=O)O)C1CC1. The number of nitrogens with one attached hydrogen (secondary N) is 1. The third kappa shape index (κ3) is 3.71. The lowest BCUT2D eigenvalue weighted by atomic mass is 10.1. The van der Waals surface area contributed by atoms with Crippen molar-refractivity contribution in [2.24, 2.45) is 11.8 Å². The number of hydrogen-bond donors (Lipinski definition) is 2. The Bertz CT molecular complexity index is 482. The molecule has 1 aliphatic carbocycles. The van der Waals surface area contributed by atoms with Gasteiger partial charge in [0.1, 0.15) is 5.75 Å². The fourth-order valence-electron chi connectivity index (χ4n) is 1.89. The molecule has 5 nitrogen and oxygen atoms in total. The molecule has 1 unspecified atom stereocenters. The number of rotatable bonds is 6. The number of carboxylic acid groups (broad SMARTS) is 1. The second-order valence-corrected chi connectivity index (χ2v) is 4.79. The van der Waals surface area contributed by atoms with E-state index in [1.807, 2.05) is 6.92 Å². The van der Waals surface area contributed by atoms with Gasteiger partial charge in [0.25, 0.3) is 0 Å². The summed E-state index contributed by atoms with van der Waals surface area (Å²) in [6, 6.07) is 6.84. The first-order valence-corrected chi connectivity index (χ1v) is 6.32. The summed E-state index contributed by atoms with van der Waals surface area (Å²) >= 11 is 0. The molecule has 2 N–H and O–H groups in total. The average molecular weight is 263 g/mol. The Morgan fingerprint density at radius 3 is 2.74 bits per heavy atom. The minimum absolute atomic E-state index is 0.0208. The second kappa shape index (κ2) is 5.73. The lowest BCUT2D eigenvalue weighted by Gasteiger charge is -2.14. The summed E-state index contributed by atoms with van der Waals surface area (Å²) in [6.07, 6.45) is 2.21. The fourth-order valence-corrected chi connectivity index (χ4v) is 1.89. The normalized spacial score (nSPS) is 15.6. The number of ether oxygens (including phenoxy) is 1. The summed E-state index contributed by atoms with van der Waals surface area (Å²) in [4.78, 5) is 22.5. The number of carbonyl (C=O) groups is 2. The van der Waals surface area contributed by atoms with Gasteiger partial charge in [0.05, 0.1) is 5.69 Å². The Morgan fingerprint density at radius 2 is 2.11 bits per heavy atom. The molecule has 1 aliphatic rings. The van der Waals surface area contributed by atoms with Crippen LogP contribution in [0, 0.1) is 11.8 Å². The molecular weight excluding hydrogens is 246 g/mol. The first-order chi connectivity index (χ1) is 9.08. The summed E-state index contributed by atoms with van der Waals surface area (Å²) in [6.45, 7) is 1.48. The highest BCUT2D eigenvalue weighted by molar-refractivity contribution is 5.94. The lowest BCUT2D eigenvalue weighted by Crippen LogP contribution is -2.22. The minimum Gasteiger partial charge on any atom is -0.480 e. The monoisotopic (exact) mass is 263 g/mol. The van der Waals surface area contributed by atoms with Crippen molar-refractivity contribution in [3.8, 4) is 5.75 Å². The molecule has 1 fully saturated rings. The topological polar surface area (TPSA) is 75.6 Å². The predicted octanol–water partition coefficient (Wildman–Crippen LogP) is 2.13. The van der Waals surface area contributed by atoms with Gasteiger partial charge in [-0.2, -0.15) is 0 Å². The third-order valence-corrected chi connectivity index (χ3v) is 3.24. The second-order valence-electron chi connectivity index (χ2n) is 4.79. The smallest absolute Gasteiger partial charge is 0.341 e. The van der Waals surface area contributed by atoms with Crippen LogP contribution in [0.25, 0.3) is 0 Å². The molecule has 0 aromatic heterocycles. The van der Waals surface area contributed by atoms with Crippen LogP contribution < -0.4 is 10.1 Å². The van der Waals surface area contributed by atoms with Gasteiger partial charge in [-0.15, -0.1) is 0 Å². The Kier molecular flexibility index (Phi) is 4.04. The highest BCUT2D eigenvalue weighted by Gasteiger charge is 2.32. The Hall–Kier alpha value is -2.04. The van der Waals surface area contributed by atoms with Crippen LogP contribution in [0.5, 0.6) is 5.75 Å². The van der Waals surface area contributed by atoms with Gasteiger partial charge in [-0.05, 0) is 30.9 Å². The lowest BCUT2D eigenvalue weighted by molar-refractivity contribution is -0.139. The number of amides is 1. The molecule has 0 aliphatic heterocycles. The maximum atomic E-state index is 12.0. The molecule has 1 amide bonds. The van der Waals surface area contributed by atoms with Crippen LogP contribution in [0.2, 0.25) is 0 Å². The minimum atomic E-state index is -1.05. The Balaban J connectivity index is 2.02.